The van der Waals surface area contributed by atoms with Crippen molar-refractivity contribution in [2.75, 3.05) is 43.5 Å². The van der Waals surface area contributed by atoms with Gasteiger partial charge in [0.1, 0.15) is 0 Å². The first-order chi connectivity index (χ1) is 9.34. The Balaban J connectivity index is 1.82. The minimum absolute atomic E-state index is 0.246. The van der Waals surface area contributed by atoms with Crippen LogP contribution in [0.2, 0.25) is 0 Å². The summed E-state index contributed by atoms with van der Waals surface area (Å²) in [6.07, 6.45) is 0.630. The third kappa shape index (κ3) is 2.94. The highest BCUT2D eigenvalue weighted by atomic mass is 32.2. The van der Waals surface area contributed by atoms with Crippen LogP contribution in [0, 0.1) is 0 Å². The summed E-state index contributed by atoms with van der Waals surface area (Å²) < 4.78 is 0. The van der Waals surface area contributed by atoms with Gasteiger partial charge in [0, 0.05) is 43.2 Å². The molecule has 0 atom stereocenters. The predicted octanol–water partition coefficient (Wildman–Crippen LogP) is 1.38. The Labute approximate surface area is 118 Å². The van der Waals surface area contributed by atoms with Crippen LogP contribution in [0.25, 0.3) is 0 Å². The molecule has 1 aromatic rings. The number of nitrogens with zero attached hydrogens (tertiary/aromatic N) is 2. The molecule has 0 radical (unpaired) electrons. The summed E-state index contributed by atoms with van der Waals surface area (Å²) in [6, 6.07) is 8.24. The van der Waals surface area contributed by atoms with Crippen molar-refractivity contribution < 1.29 is 4.79 Å². The molecule has 1 aromatic carbocycles. The lowest BCUT2D eigenvalue weighted by atomic mass is 10.2. The molecule has 1 N–H and O–H groups in total. The standard InChI is InChI=1S/C14H19N3OS/c18-14-5-10-19-13-4-2-1-3-12(13)17(14)11-16-8-6-15-7-9-16/h1-4,15H,5-11H2. The number of carbonyl (C=O) groups is 1. The van der Waals surface area contributed by atoms with E-state index in [0.29, 0.717) is 6.42 Å². The van der Waals surface area contributed by atoms with Gasteiger partial charge in [0.2, 0.25) is 5.91 Å². The number of rotatable bonds is 2. The maximum atomic E-state index is 12.3. The van der Waals surface area contributed by atoms with Crippen LogP contribution in [0.4, 0.5) is 5.69 Å². The number of amides is 1. The van der Waals surface area contributed by atoms with Gasteiger partial charge in [-0.15, -0.1) is 11.8 Å². The molecular weight excluding hydrogens is 258 g/mol. The number of para-hydroxylation sites is 1. The summed E-state index contributed by atoms with van der Waals surface area (Å²) >= 11 is 1.79. The number of piperazine rings is 1. The predicted molar refractivity (Wildman–Crippen MR) is 78.6 cm³/mol. The van der Waals surface area contributed by atoms with Gasteiger partial charge in [0.05, 0.1) is 12.4 Å². The van der Waals surface area contributed by atoms with Gasteiger partial charge in [-0.3, -0.25) is 14.6 Å². The van der Waals surface area contributed by atoms with E-state index in [1.807, 2.05) is 17.0 Å². The smallest absolute Gasteiger partial charge is 0.228 e. The molecule has 0 aliphatic carbocycles. The van der Waals surface area contributed by atoms with Crippen LogP contribution in [0.15, 0.2) is 29.2 Å². The molecule has 1 amide bonds. The zero-order valence-electron chi connectivity index (χ0n) is 11.0. The number of benzene rings is 1. The highest BCUT2D eigenvalue weighted by Gasteiger charge is 2.24. The molecule has 19 heavy (non-hydrogen) atoms. The molecular formula is C14H19N3OS. The number of carbonyl (C=O) groups excluding carboxylic acids is 1. The number of fused-ring (bicyclic) bond motifs is 1. The van der Waals surface area contributed by atoms with Gasteiger partial charge < -0.3 is 5.32 Å². The summed E-state index contributed by atoms with van der Waals surface area (Å²) in [4.78, 5) is 17.9. The molecule has 1 fully saturated rings. The number of hydrogen-bond donors (Lipinski definition) is 1. The van der Waals surface area contributed by atoms with E-state index in [9.17, 15) is 4.79 Å². The van der Waals surface area contributed by atoms with E-state index in [0.717, 1.165) is 44.3 Å². The molecule has 2 aliphatic heterocycles. The number of nitrogens with one attached hydrogen (secondary N) is 1. The fourth-order valence-corrected chi connectivity index (χ4v) is 3.52. The minimum atomic E-state index is 0.246. The Hall–Kier alpha value is -1.04. The van der Waals surface area contributed by atoms with Crippen molar-refractivity contribution in [1.82, 2.24) is 10.2 Å². The average molecular weight is 277 g/mol. The van der Waals surface area contributed by atoms with E-state index in [4.69, 9.17) is 0 Å². The molecule has 0 saturated carbocycles. The van der Waals surface area contributed by atoms with Crippen LogP contribution >= 0.6 is 11.8 Å². The Morgan fingerprint density at radius 3 is 2.84 bits per heavy atom. The van der Waals surface area contributed by atoms with Crippen molar-refractivity contribution in [3.05, 3.63) is 24.3 Å². The lowest BCUT2D eigenvalue weighted by molar-refractivity contribution is -0.118. The van der Waals surface area contributed by atoms with Gasteiger partial charge in [-0.2, -0.15) is 0 Å². The fourth-order valence-electron chi connectivity index (χ4n) is 2.53. The van der Waals surface area contributed by atoms with Gasteiger partial charge in [-0.05, 0) is 12.1 Å². The maximum Gasteiger partial charge on any atom is 0.228 e. The number of thioether (sulfide) groups is 1. The first-order valence-corrected chi connectivity index (χ1v) is 7.78. The lowest BCUT2D eigenvalue weighted by Gasteiger charge is -2.33. The summed E-state index contributed by atoms with van der Waals surface area (Å²) in [5, 5.41) is 3.35. The monoisotopic (exact) mass is 277 g/mol. The van der Waals surface area contributed by atoms with Gasteiger partial charge >= 0.3 is 0 Å². The molecule has 0 aromatic heterocycles. The van der Waals surface area contributed by atoms with E-state index < -0.39 is 0 Å². The quantitative estimate of drug-likeness (QED) is 0.886. The molecule has 2 heterocycles. The third-order valence-electron chi connectivity index (χ3n) is 3.58. The van der Waals surface area contributed by atoms with Crippen molar-refractivity contribution >= 4 is 23.4 Å². The van der Waals surface area contributed by atoms with Gasteiger partial charge in [0.25, 0.3) is 0 Å². The van der Waals surface area contributed by atoms with E-state index in [-0.39, 0.29) is 5.91 Å². The second kappa shape index (κ2) is 5.94. The van der Waals surface area contributed by atoms with Crippen molar-refractivity contribution in [3.8, 4) is 0 Å². The molecule has 2 aliphatic rings. The highest BCUT2D eigenvalue weighted by molar-refractivity contribution is 7.99. The van der Waals surface area contributed by atoms with Gasteiger partial charge in [-0.25, -0.2) is 0 Å². The summed E-state index contributed by atoms with van der Waals surface area (Å²) in [5.41, 5.74) is 1.08. The van der Waals surface area contributed by atoms with E-state index in [1.54, 1.807) is 11.8 Å². The molecule has 3 rings (SSSR count). The van der Waals surface area contributed by atoms with Crippen LogP contribution in [-0.2, 0) is 4.79 Å². The first kappa shape index (κ1) is 13.0. The minimum Gasteiger partial charge on any atom is -0.314 e. The molecule has 4 nitrogen and oxygen atoms in total. The second-order valence-corrected chi connectivity index (χ2v) is 6.03. The Morgan fingerprint density at radius 1 is 1.21 bits per heavy atom. The average Bonchev–Trinajstić information content (AvgIpc) is 2.61. The van der Waals surface area contributed by atoms with Crippen LogP contribution < -0.4 is 10.2 Å². The van der Waals surface area contributed by atoms with Crippen molar-refractivity contribution in [2.45, 2.75) is 11.3 Å². The number of hydrogen-bond acceptors (Lipinski definition) is 4. The molecule has 5 heteroatoms. The highest BCUT2D eigenvalue weighted by Crippen LogP contribution is 2.34. The van der Waals surface area contributed by atoms with Gasteiger partial charge in [-0.1, -0.05) is 12.1 Å². The number of anilines is 1. The fraction of sp³-hybridized carbons (Fsp3) is 0.500. The largest absolute Gasteiger partial charge is 0.314 e. The topological polar surface area (TPSA) is 35.6 Å². The maximum absolute atomic E-state index is 12.3. The van der Waals surface area contributed by atoms with Crippen molar-refractivity contribution in [3.63, 3.8) is 0 Å². The molecule has 0 unspecified atom stereocenters. The van der Waals surface area contributed by atoms with Gasteiger partial charge in [0.15, 0.2) is 0 Å². The Kier molecular flexibility index (Phi) is 4.06. The third-order valence-corrected chi connectivity index (χ3v) is 4.65. The zero-order valence-corrected chi connectivity index (χ0v) is 11.8. The second-order valence-electron chi connectivity index (χ2n) is 4.90. The van der Waals surface area contributed by atoms with Crippen molar-refractivity contribution in [2.24, 2.45) is 0 Å². The SMILES string of the molecule is O=C1CCSc2ccccc2N1CN1CCNCC1. The van der Waals surface area contributed by atoms with Crippen LogP contribution in [0.5, 0.6) is 0 Å². The zero-order chi connectivity index (χ0) is 13.1. The first-order valence-electron chi connectivity index (χ1n) is 6.80. The van der Waals surface area contributed by atoms with Crippen LogP contribution in [0.3, 0.4) is 0 Å². The summed E-state index contributed by atoms with van der Waals surface area (Å²) in [5.74, 6) is 1.13. The lowest BCUT2D eigenvalue weighted by Crippen LogP contribution is -2.49. The van der Waals surface area contributed by atoms with E-state index in [1.165, 1.54) is 4.90 Å². The molecule has 1 saturated heterocycles. The van der Waals surface area contributed by atoms with Crippen LogP contribution in [0.1, 0.15) is 6.42 Å². The Morgan fingerprint density at radius 2 is 2.00 bits per heavy atom. The normalized spacial score (nSPS) is 21.1. The van der Waals surface area contributed by atoms with Crippen molar-refractivity contribution in [1.29, 1.82) is 0 Å². The van der Waals surface area contributed by atoms with Crippen LogP contribution in [-0.4, -0.2) is 49.4 Å². The Bertz CT molecular complexity index is 460. The summed E-state index contributed by atoms with van der Waals surface area (Å²) in [6.45, 7) is 4.77. The van der Waals surface area contributed by atoms with E-state index in [2.05, 4.69) is 22.3 Å². The molecule has 0 spiro atoms. The summed E-state index contributed by atoms with van der Waals surface area (Å²) in [7, 11) is 0. The molecule has 0 bridgehead atoms. The molecule has 102 valence electrons. The van der Waals surface area contributed by atoms with E-state index >= 15 is 0 Å².